The summed E-state index contributed by atoms with van der Waals surface area (Å²) in [6.07, 6.45) is 0. The lowest BCUT2D eigenvalue weighted by molar-refractivity contribution is -0.132. The number of amides is 1. The molecule has 1 fully saturated rings. The highest BCUT2D eigenvalue weighted by atomic mass is 32.2. The summed E-state index contributed by atoms with van der Waals surface area (Å²) in [7, 11) is -3.66. The number of carbonyl (C=O) groups is 1. The number of carbonyl (C=O) groups excluding carboxylic acids is 1. The number of hydrogen-bond acceptors (Lipinski definition) is 8. The van der Waals surface area contributed by atoms with Crippen LogP contribution in [0, 0.1) is 0 Å². The van der Waals surface area contributed by atoms with Gasteiger partial charge >= 0.3 is 0 Å². The Labute approximate surface area is 183 Å². The number of sulfonamides is 1. The van der Waals surface area contributed by atoms with Crippen molar-refractivity contribution >= 4 is 33.4 Å². The van der Waals surface area contributed by atoms with E-state index in [1.807, 2.05) is 0 Å². The Morgan fingerprint density at radius 2 is 1.74 bits per heavy atom. The van der Waals surface area contributed by atoms with Crippen molar-refractivity contribution in [3.8, 4) is 11.5 Å². The Balaban J connectivity index is 1.36. The minimum atomic E-state index is -3.66. The van der Waals surface area contributed by atoms with E-state index >= 15 is 0 Å². The maximum absolute atomic E-state index is 12.4. The van der Waals surface area contributed by atoms with Gasteiger partial charge < -0.3 is 14.1 Å². The number of morpholine rings is 1. The molecule has 1 saturated heterocycles. The van der Waals surface area contributed by atoms with E-state index in [1.54, 1.807) is 47.4 Å². The zero-order valence-corrected chi connectivity index (χ0v) is 18.1. The van der Waals surface area contributed by atoms with Crippen molar-refractivity contribution in [2.24, 2.45) is 0 Å². The molecule has 0 unspecified atom stereocenters. The number of rotatable bonds is 7. The Morgan fingerprint density at radius 3 is 2.45 bits per heavy atom. The summed E-state index contributed by atoms with van der Waals surface area (Å²) in [5.41, 5.74) is 1.05. The zero-order chi connectivity index (χ0) is 21.7. The number of nitrogens with one attached hydrogen (secondary N) is 1. The van der Waals surface area contributed by atoms with Gasteiger partial charge in [0.2, 0.25) is 11.8 Å². The van der Waals surface area contributed by atoms with Crippen LogP contribution in [0.3, 0.4) is 0 Å². The number of ether oxygens (including phenoxy) is 1. The first-order valence-corrected chi connectivity index (χ1v) is 12.0. The maximum Gasteiger partial charge on any atom is 0.277 e. The van der Waals surface area contributed by atoms with Gasteiger partial charge in [-0.1, -0.05) is 30.0 Å². The van der Waals surface area contributed by atoms with Crippen LogP contribution in [0.4, 0.5) is 5.69 Å². The molecule has 2 heterocycles. The van der Waals surface area contributed by atoms with Crippen LogP contribution in [0.1, 0.15) is 0 Å². The molecule has 31 heavy (non-hydrogen) atoms. The second kappa shape index (κ2) is 9.50. The monoisotopic (exact) mass is 460 g/mol. The van der Waals surface area contributed by atoms with E-state index in [-0.39, 0.29) is 16.6 Å². The highest BCUT2D eigenvalue weighted by Gasteiger charge is 2.19. The first-order chi connectivity index (χ1) is 15.0. The van der Waals surface area contributed by atoms with Gasteiger partial charge in [-0.3, -0.25) is 9.52 Å². The third-order valence-electron chi connectivity index (χ3n) is 4.53. The molecule has 1 amide bonds. The summed E-state index contributed by atoms with van der Waals surface area (Å²) in [6.45, 7) is 2.29. The number of thioether (sulfide) groups is 1. The second-order valence-corrected chi connectivity index (χ2v) is 9.26. The van der Waals surface area contributed by atoms with Gasteiger partial charge in [0.1, 0.15) is 0 Å². The molecule has 0 saturated carbocycles. The first kappa shape index (κ1) is 21.3. The molecule has 0 atom stereocenters. The van der Waals surface area contributed by atoms with Gasteiger partial charge in [-0.25, -0.2) is 8.42 Å². The molecule has 3 aromatic rings. The predicted octanol–water partition coefficient (Wildman–Crippen LogP) is 2.49. The molecule has 4 rings (SSSR count). The van der Waals surface area contributed by atoms with Gasteiger partial charge in [0, 0.05) is 24.3 Å². The van der Waals surface area contributed by atoms with Crippen molar-refractivity contribution < 1.29 is 22.4 Å². The molecule has 1 aromatic heterocycles. The lowest BCUT2D eigenvalue weighted by atomic mass is 10.2. The van der Waals surface area contributed by atoms with Crippen molar-refractivity contribution in [3.63, 3.8) is 0 Å². The minimum Gasteiger partial charge on any atom is -0.411 e. The van der Waals surface area contributed by atoms with Crippen molar-refractivity contribution in [2.45, 2.75) is 10.1 Å². The molecule has 1 aliphatic rings. The number of aromatic nitrogens is 2. The fourth-order valence-electron chi connectivity index (χ4n) is 2.91. The van der Waals surface area contributed by atoms with E-state index in [0.717, 1.165) is 0 Å². The Kier molecular flexibility index (Phi) is 6.54. The average molecular weight is 461 g/mol. The quantitative estimate of drug-likeness (QED) is 0.535. The number of nitrogens with zero attached hydrogens (tertiary/aromatic N) is 3. The third kappa shape index (κ3) is 5.43. The standard InChI is InChI=1S/C20H20N4O5S2/c25-18(24-10-12-28-13-11-24)14-30-20-22-21-19(29-20)15-6-8-16(9-7-15)23-31(26,27)17-4-2-1-3-5-17/h1-9,23H,10-14H2. The summed E-state index contributed by atoms with van der Waals surface area (Å²) in [4.78, 5) is 14.1. The van der Waals surface area contributed by atoms with E-state index in [1.165, 1.54) is 23.9 Å². The molecule has 0 radical (unpaired) electrons. The van der Waals surface area contributed by atoms with E-state index in [9.17, 15) is 13.2 Å². The Hall–Kier alpha value is -2.89. The molecule has 9 nitrogen and oxygen atoms in total. The van der Waals surface area contributed by atoms with Crippen molar-refractivity contribution in [1.82, 2.24) is 15.1 Å². The molecule has 0 spiro atoms. The van der Waals surface area contributed by atoms with E-state index in [2.05, 4.69) is 14.9 Å². The van der Waals surface area contributed by atoms with Crippen molar-refractivity contribution in [3.05, 3.63) is 54.6 Å². The third-order valence-corrected chi connectivity index (χ3v) is 6.73. The molecule has 0 bridgehead atoms. The van der Waals surface area contributed by atoms with Crippen LogP contribution in [0.15, 0.2) is 69.1 Å². The van der Waals surface area contributed by atoms with Gasteiger partial charge in [0.05, 0.1) is 23.9 Å². The predicted molar refractivity (Wildman–Crippen MR) is 115 cm³/mol. The number of hydrogen-bond donors (Lipinski definition) is 1. The number of benzene rings is 2. The first-order valence-electron chi connectivity index (χ1n) is 9.51. The fraction of sp³-hybridized carbons (Fsp3) is 0.250. The Bertz CT molecular complexity index is 1130. The van der Waals surface area contributed by atoms with E-state index < -0.39 is 10.0 Å². The van der Waals surface area contributed by atoms with Crippen LogP contribution in [0.5, 0.6) is 0 Å². The SMILES string of the molecule is O=C(CSc1nnc(-c2ccc(NS(=O)(=O)c3ccccc3)cc2)o1)N1CCOCC1. The lowest BCUT2D eigenvalue weighted by Gasteiger charge is -2.26. The summed E-state index contributed by atoms with van der Waals surface area (Å²) in [6, 6.07) is 14.7. The molecule has 162 valence electrons. The number of anilines is 1. The molecule has 1 N–H and O–H groups in total. The van der Waals surface area contributed by atoms with Gasteiger partial charge in [0.15, 0.2) is 0 Å². The second-order valence-electron chi connectivity index (χ2n) is 6.65. The van der Waals surface area contributed by atoms with Gasteiger partial charge in [-0.2, -0.15) is 0 Å². The lowest BCUT2D eigenvalue weighted by Crippen LogP contribution is -2.41. The normalized spacial score (nSPS) is 14.4. The maximum atomic E-state index is 12.4. The highest BCUT2D eigenvalue weighted by molar-refractivity contribution is 7.99. The van der Waals surface area contributed by atoms with Gasteiger partial charge in [-0.15, -0.1) is 10.2 Å². The van der Waals surface area contributed by atoms with Crippen molar-refractivity contribution in [2.75, 3.05) is 36.8 Å². The molecule has 0 aliphatic carbocycles. The van der Waals surface area contributed by atoms with Gasteiger partial charge in [0.25, 0.3) is 15.2 Å². The molecular formula is C20H20N4O5S2. The van der Waals surface area contributed by atoms with E-state index in [4.69, 9.17) is 9.15 Å². The summed E-state index contributed by atoms with van der Waals surface area (Å²) in [5, 5.41) is 8.27. The summed E-state index contributed by atoms with van der Waals surface area (Å²) >= 11 is 1.18. The molecule has 11 heteroatoms. The van der Waals surface area contributed by atoms with Crippen LogP contribution < -0.4 is 4.72 Å². The summed E-state index contributed by atoms with van der Waals surface area (Å²) in [5.74, 6) is 0.504. The van der Waals surface area contributed by atoms with Gasteiger partial charge in [-0.05, 0) is 36.4 Å². The molecule has 2 aromatic carbocycles. The largest absolute Gasteiger partial charge is 0.411 e. The van der Waals surface area contributed by atoms with Crippen LogP contribution in [0.25, 0.3) is 11.5 Å². The van der Waals surface area contributed by atoms with Crippen LogP contribution in [-0.2, 0) is 19.6 Å². The topological polar surface area (TPSA) is 115 Å². The van der Waals surface area contributed by atoms with Crippen LogP contribution >= 0.6 is 11.8 Å². The molecular weight excluding hydrogens is 440 g/mol. The van der Waals surface area contributed by atoms with Crippen LogP contribution in [0.2, 0.25) is 0 Å². The zero-order valence-electron chi connectivity index (χ0n) is 16.4. The average Bonchev–Trinajstić information content (AvgIpc) is 3.28. The Morgan fingerprint density at radius 1 is 1.03 bits per heavy atom. The van der Waals surface area contributed by atoms with Crippen molar-refractivity contribution in [1.29, 1.82) is 0 Å². The smallest absolute Gasteiger partial charge is 0.277 e. The minimum absolute atomic E-state index is 0.00287. The van der Waals surface area contributed by atoms with Crippen LogP contribution in [-0.4, -0.2) is 61.5 Å². The molecule has 1 aliphatic heterocycles. The highest BCUT2D eigenvalue weighted by Crippen LogP contribution is 2.25. The van der Waals surface area contributed by atoms with E-state index in [0.29, 0.717) is 48.7 Å². The fourth-order valence-corrected chi connectivity index (χ4v) is 4.65. The summed E-state index contributed by atoms with van der Waals surface area (Å²) < 4.78 is 38.2.